The number of nitrogens with one attached hydrogen (secondary N) is 1. The third-order valence-electron chi connectivity index (χ3n) is 6.73. The number of hydrogen-bond donors (Lipinski definition) is 1. The lowest BCUT2D eigenvalue weighted by molar-refractivity contribution is -0.139. The third kappa shape index (κ3) is 5.62. The maximum absolute atomic E-state index is 13.3. The Morgan fingerprint density at radius 3 is 2.49 bits per heavy atom. The fraction of sp³-hybridized carbons (Fsp3) is 0.370. The van der Waals surface area contributed by atoms with E-state index in [9.17, 15) is 18.8 Å². The maximum atomic E-state index is 13.3. The van der Waals surface area contributed by atoms with Gasteiger partial charge in [0.25, 0.3) is 5.91 Å². The second-order valence-electron chi connectivity index (χ2n) is 9.13. The van der Waals surface area contributed by atoms with Gasteiger partial charge in [-0.3, -0.25) is 14.6 Å². The molecule has 10 heteroatoms. The molecule has 0 unspecified atom stereocenters. The van der Waals surface area contributed by atoms with Crippen LogP contribution in [0.2, 0.25) is 5.02 Å². The molecule has 0 spiro atoms. The topological polar surface area (TPSA) is 82.2 Å². The molecule has 196 valence electrons. The Bertz CT molecular complexity index is 1220. The van der Waals surface area contributed by atoms with Crippen LogP contribution in [0.1, 0.15) is 35.8 Å². The minimum absolute atomic E-state index is 0.139. The van der Waals surface area contributed by atoms with Gasteiger partial charge in [0.2, 0.25) is 0 Å². The SMILES string of the molecule is CCOC(=O)C1=C(CN2CCN(C(=O)c3ccc(F)cc3)[C@H](C)C2)N(C)C(=O)N[C@@H]1c1ccccc1Cl. The van der Waals surface area contributed by atoms with Crippen LogP contribution in [0.25, 0.3) is 0 Å². The Morgan fingerprint density at radius 2 is 1.84 bits per heavy atom. The summed E-state index contributed by atoms with van der Waals surface area (Å²) in [5.74, 6) is -1.07. The van der Waals surface area contributed by atoms with E-state index < -0.39 is 17.8 Å². The fourth-order valence-corrected chi connectivity index (χ4v) is 5.03. The molecule has 1 fully saturated rings. The zero-order valence-corrected chi connectivity index (χ0v) is 21.8. The van der Waals surface area contributed by atoms with E-state index in [1.807, 2.05) is 6.92 Å². The average Bonchev–Trinajstić information content (AvgIpc) is 2.87. The second kappa shape index (κ2) is 11.3. The fourth-order valence-electron chi connectivity index (χ4n) is 4.79. The Balaban J connectivity index is 1.60. The zero-order valence-electron chi connectivity index (χ0n) is 21.0. The first-order valence-electron chi connectivity index (χ1n) is 12.2. The molecule has 0 radical (unpaired) electrons. The minimum atomic E-state index is -0.759. The van der Waals surface area contributed by atoms with Crippen LogP contribution < -0.4 is 5.32 Å². The number of esters is 1. The number of amides is 3. The van der Waals surface area contributed by atoms with Crippen molar-refractivity contribution >= 4 is 29.5 Å². The van der Waals surface area contributed by atoms with Crippen LogP contribution in [0, 0.1) is 5.82 Å². The molecule has 2 heterocycles. The summed E-state index contributed by atoms with van der Waals surface area (Å²) in [4.78, 5) is 44.4. The molecule has 0 aliphatic carbocycles. The number of hydrogen-bond acceptors (Lipinski definition) is 5. The molecule has 37 heavy (non-hydrogen) atoms. The van der Waals surface area contributed by atoms with Crippen molar-refractivity contribution in [2.24, 2.45) is 0 Å². The summed E-state index contributed by atoms with van der Waals surface area (Å²) >= 11 is 6.44. The van der Waals surface area contributed by atoms with Crippen LogP contribution in [0.5, 0.6) is 0 Å². The number of ether oxygens (including phenoxy) is 1. The summed E-state index contributed by atoms with van der Waals surface area (Å²) in [6.07, 6.45) is 0. The number of urea groups is 1. The summed E-state index contributed by atoms with van der Waals surface area (Å²) in [7, 11) is 1.62. The minimum Gasteiger partial charge on any atom is -0.463 e. The first-order valence-corrected chi connectivity index (χ1v) is 12.6. The first-order chi connectivity index (χ1) is 17.7. The molecule has 0 bridgehead atoms. The van der Waals surface area contributed by atoms with Gasteiger partial charge in [-0.2, -0.15) is 0 Å². The Morgan fingerprint density at radius 1 is 1.14 bits per heavy atom. The van der Waals surface area contributed by atoms with Crippen LogP contribution in [-0.2, 0) is 9.53 Å². The highest BCUT2D eigenvalue weighted by Gasteiger charge is 2.39. The van der Waals surface area contributed by atoms with Crippen molar-refractivity contribution in [1.82, 2.24) is 20.0 Å². The van der Waals surface area contributed by atoms with E-state index in [2.05, 4.69) is 10.2 Å². The zero-order chi connectivity index (χ0) is 26.7. The highest BCUT2D eigenvalue weighted by atomic mass is 35.5. The van der Waals surface area contributed by atoms with Gasteiger partial charge in [-0.1, -0.05) is 29.8 Å². The van der Waals surface area contributed by atoms with Gasteiger partial charge in [-0.25, -0.2) is 14.0 Å². The van der Waals surface area contributed by atoms with E-state index in [1.165, 1.54) is 29.2 Å². The van der Waals surface area contributed by atoms with Crippen molar-refractivity contribution in [3.63, 3.8) is 0 Å². The predicted molar refractivity (Wildman–Crippen MR) is 137 cm³/mol. The molecular formula is C27H30ClFN4O4. The normalized spacial score (nSPS) is 20.6. The monoisotopic (exact) mass is 528 g/mol. The molecule has 2 aromatic rings. The smallest absolute Gasteiger partial charge is 0.338 e. The van der Waals surface area contributed by atoms with Crippen LogP contribution in [0.3, 0.4) is 0 Å². The van der Waals surface area contributed by atoms with E-state index in [0.29, 0.717) is 53.6 Å². The number of likely N-dealkylation sites (N-methyl/N-ethyl adjacent to an activating group) is 1. The van der Waals surface area contributed by atoms with Gasteiger partial charge in [0, 0.05) is 55.6 Å². The van der Waals surface area contributed by atoms with E-state index in [1.54, 1.807) is 43.1 Å². The van der Waals surface area contributed by atoms with E-state index in [-0.39, 0.29) is 24.6 Å². The number of carbonyl (C=O) groups excluding carboxylic acids is 3. The molecule has 2 atom stereocenters. The summed E-state index contributed by atoms with van der Waals surface area (Å²) in [5, 5.41) is 3.31. The van der Waals surface area contributed by atoms with Crippen LogP contribution in [0.4, 0.5) is 9.18 Å². The molecule has 4 rings (SSSR count). The van der Waals surface area contributed by atoms with E-state index in [4.69, 9.17) is 16.3 Å². The van der Waals surface area contributed by atoms with Gasteiger partial charge in [0.05, 0.1) is 18.2 Å². The molecule has 1 N–H and O–H groups in total. The van der Waals surface area contributed by atoms with E-state index in [0.717, 1.165) is 0 Å². The molecule has 8 nitrogen and oxygen atoms in total. The molecule has 3 amide bonds. The number of rotatable bonds is 6. The molecule has 1 saturated heterocycles. The lowest BCUT2D eigenvalue weighted by Gasteiger charge is -2.42. The number of benzene rings is 2. The van der Waals surface area contributed by atoms with Crippen molar-refractivity contribution in [3.05, 3.63) is 81.8 Å². The van der Waals surface area contributed by atoms with Crippen molar-refractivity contribution < 1.29 is 23.5 Å². The summed E-state index contributed by atoms with van der Waals surface area (Å²) in [6, 6.07) is 11.3. The number of piperazine rings is 1. The Hall–Kier alpha value is -3.43. The maximum Gasteiger partial charge on any atom is 0.338 e. The van der Waals surface area contributed by atoms with Crippen LogP contribution in [-0.4, -0.2) is 78.5 Å². The molecule has 2 aliphatic heterocycles. The van der Waals surface area contributed by atoms with Gasteiger partial charge >= 0.3 is 12.0 Å². The van der Waals surface area contributed by atoms with Crippen LogP contribution >= 0.6 is 11.6 Å². The highest BCUT2D eigenvalue weighted by Crippen LogP contribution is 2.35. The summed E-state index contributed by atoms with van der Waals surface area (Å²) in [5.41, 5.74) is 1.89. The largest absolute Gasteiger partial charge is 0.463 e. The van der Waals surface area contributed by atoms with Gasteiger partial charge in [-0.05, 0) is 49.7 Å². The Labute approximate surface area is 220 Å². The first kappa shape index (κ1) is 26.6. The van der Waals surface area contributed by atoms with Crippen LogP contribution in [0.15, 0.2) is 59.8 Å². The molecule has 0 saturated carbocycles. The van der Waals surface area contributed by atoms with Gasteiger partial charge in [0.15, 0.2) is 0 Å². The molecule has 0 aromatic heterocycles. The number of nitrogens with zero attached hydrogens (tertiary/aromatic N) is 3. The standard InChI is InChI=1S/C27H30ClFN4O4/c1-4-37-26(35)23-22(31(3)27(36)30-24(23)20-7-5-6-8-21(20)28)16-32-13-14-33(17(2)15-32)25(34)18-9-11-19(29)12-10-18/h5-12,17,24H,4,13-16H2,1-3H3,(H,30,36)/t17-,24-/m1/s1. The lowest BCUT2D eigenvalue weighted by Crippen LogP contribution is -2.56. The average molecular weight is 529 g/mol. The predicted octanol–water partition coefficient (Wildman–Crippen LogP) is 3.84. The number of halogens is 2. The summed E-state index contributed by atoms with van der Waals surface area (Å²) < 4.78 is 18.7. The van der Waals surface area contributed by atoms with Gasteiger partial charge in [0.1, 0.15) is 5.82 Å². The van der Waals surface area contributed by atoms with Gasteiger partial charge < -0.3 is 15.0 Å². The Kier molecular flexibility index (Phi) is 8.14. The molecule has 2 aromatic carbocycles. The number of carbonyl (C=O) groups is 3. The van der Waals surface area contributed by atoms with Gasteiger partial charge in [-0.15, -0.1) is 0 Å². The molecular weight excluding hydrogens is 499 g/mol. The quantitative estimate of drug-likeness (QED) is 0.576. The lowest BCUT2D eigenvalue weighted by atomic mass is 9.94. The summed E-state index contributed by atoms with van der Waals surface area (Å²) in [6.45, 7) is 5.67. The van der Waals surface area contributed by atoms with Crippen molar-refractivity contribution in [3.8, 4) is 0 Å². The van der Waals surface area contributed by atoms with E-state index >= 15 is 0 Å². The third-order valence-corrected chi connectivity index (χ3v) is 7.07. The second-order valence-corrected chi connectivity index (χ2v) is 9.54. The van der Waals surface area contributed by atoms with Crippen molar-refractivity contribution in [1.29, 1.82) is 0 Å². The van der Waals surface area contributed by atoms with Crippen molar-refractivity contribution in [2.75, 3.05) is 39.8 Å². The highest BCUT2D eigenvalue weighted by molar-refractivity contribution is 6.31. The van der Waals surface area contributed by atoms with Crippen molar-refractivity contribution in [2.45, 2.75) is 25.9 Å². The molecule has 2 aliphatic rings.